The van der Waals surface area contributed by atoms with Gasteiger partial charge in [0.2, 0.25) is 0 Å². The molecule has 4 nitrogen and oxygen atoms in total. The van der Waals surface area contributed by atoms with E-state index in [9.17, 15) is 4.79 Å². The van der Waals surface area contributed by atoms with Crippen LogP contribution in [0.3, 0.4) is 0 Å². The van der Waals surface area contributed by atoms with Gasteiger partial charge in [-0.2, -0.15) is 0 Å². The van der Waals surface area contributed by atoms with Gasteiger partial charge in [0, 0.05) is 26.3 Å². The molecule has 0 bridgehead atoms. The summed E-state index contributed by atoms with van der Waals surface area (Å²) in [4.78, 5) is 13.8. The average molecular weight is 255 g/mol. The maximum atomic E-state index is 12.0. The Bertz CT molecular complexity index is 293. The second-order valence-corrected chi connectivity index (χ2v) is 6.58. The maximum absolute atomic E-state index is 12.0. The molecule has 0 aromatic carbocycles. The number of amides is 1. The normalized spacial score (nSPS) is 24.1. The minimum Gasteiger partial charge on any atom is -0.444 e. The molecule has 0 radical (unpaired) electrons. The third kappa shape index (κ3) is 3.37. The molecule has 4 heteroatoms. The lowest BCUT2D eigenvalue weighted by Gasteiger charge is -2.44. The second kappa shape index (κ2) is 5.08. The van der Waals surface area contributed by atoms with Crippen molar-refractivity contribution < 1.29 is 14.3 Å². The van der Waals surface area contributed by atoms with E-state index < -0.39 is 5.60 Å². The monoisotopic (exact) mass is 255 g/mol. The number of nitrogens with zero attached hydrogens (tertiary/aromatic N) is 1. The van der Waals surface area contributed by atoms with Crippen LogP contribution in [0.15, 0.2) is 0 Å². The quantitative estimate of drug-likeness (QED) is 0.668. The minimum atomic E-state index is -0.398. The molecule has 0 aromatic rings. The number of hydrogen-bond acceptors (Lipinski definition) is 3. The number of piperidine rings is 1. The van der Waals surface area contributed by atoms with E-state index in [-0.39, 0.29) is 6.09 Å². The first-order valence-electron chi connectivity index (χ1n) is 6.96. The first-order chi connectivity index (χ1) is 8.40. The lowest BCUT2D eigenvalue weighted by molar-refractivity contribution is -0.0291. The summed E-state index contributed by atoms with van der Waals surface area (Å²) < 4.78 is 10.8. The molecule has 0 aromatic heterocycles. The smallest absolute Gasteiger partial charge is 0.410 e. The SMILES string of the molecule is CC(C)(C)OC(=O)N1CCC2(CCOCC2)CC1. The summed E-state index contributed by atoms with van der Waals surface area (Å²) in [5.41, 5.74) is 0.0294. The van der Waals surface area contributed by atoms with E-state index in [2.05, 4.69) is 0 Å². The van der Waals surface area contributed by atoms with E-state index in [4.69, 9.17) is 9.47 Å². The lowest BCUT2D eigenvalue weighted by atomic mass is 9.72. The van der Waals surface area contributed by atoms with Crippen molar-refractivity contribution in [3.8, 4) is 0 Å². The van der Waals surface area contributed by atoms with Crippen LogP contribution >= 0.6 is 0 Å². The molecular weight excluding hydrogens is 230 g/mol. The van der Waals surface area contributed by atoms with Crippen LogP contribution in [0.5, 0.6) is 0 Å². The van der Waals surface area contributed by atoms with Gasteiger partial charge in [0.1, 0.15) is 5.60 Å². The van der Waals surface area contributed by atoms with Crippen molar-refractivity contribution >= 4 is 6.09 Å². The number of ether oxygens (including phenoxy) is 2. The molecule has 1 amide bonds. The Balaban J connectivity index is 1.84. The zero-order valence-electron chi connectivity index (χ0n) is 11.8. The predicted octanol–water partition coefficient (Wildman–Crippen LogP) is 2.81. The van der Waals surface area contributed by atoms with E-state index in [0.29, 0.717) is 5.41 Å². The van der Waals surface area contributed by atoms with Crippen molar-refractivity contribution in [1.29, 1.82) is 0 Å². The summed E-state index contributed by atoms with van der Waals surface area (Å²) in [6.45, 7) is 9.15. The molecule has 104 valence electrons. The molecule has 1 spiro atoms. The largest absolute Gasteiger partial charge is 0.444 e. The van der Waals surface area contributed by atoms with Gasteiger partial charge in [-0.25, -0.2) is 4.79 Å². The molecule has 0 saturated carbocycles. The van der Waals surface area contributed by atoms with Gasteiger partial charge < -0.3 is 14.4 Å². The third-order valence-electron chi connectivity index (χ3n) is 4.03. The maximum Gasteiger partial charge on any atom is 0.410 e. The van der Waals surface area contributed by atoms with E-state index in [0.717, 1.165) is 52.0 Å². The number of likely N-dealkylation sites (tertiary alicyclic amines) is 1. The summed E-state index contributed by atoms with van der Waals surface area (Å²) in [5, 5.41) is 0. The van der Waals surface area contributed by atoms with E-state index in [1.54, 1.807) is 0 Å². The zero-order valence-corrected chi connectivity index (χ0v) is 11.8. The fourth-order valence-corrected chi connectivity index (χ4v) is 2.79. The van der Waals surface area contributed by atoms with Crippen LogP contribution < -0.4 is 0 Å². The first kappa shape index (κ1) is 13.7. The van der Waals surface area contributed by atoms with Crippen molar-refractivity contribution in [2.75, 3.05) is 26.3 Å². The summed E-state index contributed by atoms with van der Waals surface area (Å²) in [5.74, 6) is 0. The Hall–Kier alpha value is -0.770. The molecule has 2 heterocycles. The van der Waals surface area contributed by atoms with Gasteiger partial charge in [-0.15, -0.1) is 0 Å². The molecule has 2 rings (SSSR count). The van der Waals surface area contributed by atoms with E-state index in [1.807, 2.05) is 25.7 Å². The van der Waals surface area contributed by atoms with Crippen LogP contribution in [-0.4, -0.2) is 42.9 Å². The number of carbonyl (C=O) groups is 1. The molecule has 0 aliphatic carbocycles. The highest BCUT2D eigenvalue weighted by atomic mass is 16.6. The lowest BCUT2D eigenvalue weighted by Crippen LogP contribution is -2.46. The number of rotatable bonds is 0. The van der Waals surface area contributed by atoms with Crippen molar-refractivity contribution in [3.05, 3.63) is 0 Å². The highest BCUT2D eigenvalue weighted by molar-refractivity contribution is 5.68. The van der Waals surface area contributed by atoms with Crippen LogP contribution in [0.2, 0.25) is 0 Å². The predicted molar refractivity (Wildman–Crippen MR) is 69.5 cm³/mol. The molecule has 0 atom stereocenters. The topological polar surface area (TPSA) is 38.8 Å². The highest BCUT2D eigenvalue weighted by Crippen LogP contribution is 2.40. The second-order valence-electron chi connectivity index (χ2n) is 6.58. The summed E-state index contributed by atoms with van der Waals surface area (Å²) >= 11 is 0. The van der Waals surface area contributed by atoms with Gasteiger partial charge in [-0.05, 0) is 51.9 Å². The third-order valence-corrected chi connectivity index (χ3v) is 4.03. The van der Waals surface area contributed by atoms with Crippen LogP contribution in [0.4, 0.5) is 4.79 Å². The van der Waals surface area contributed by atoms with E-state index in [1.165, 1.54) is 0 Å². The van der Waals surface area contributed by atoms with Gasteiger partial charge in [-0.3, -0.25) is 0 Å². The molecular formula is C14H25NO3. The fraction of sp³-hybridized carbons (Fsp3) is 0.929. The van der Waals surface area contributed by atoms with Gasteiger partial charge >= 0.3 is 6.09 Å². The van der Waals surface area contributed by atoms with Crippen molar-refractivity contribution in [3.63, 3.8) is 0 Å². The standard InChI is InChI=1S/C14H25NO3/c1-13(2,3)18-12(16)15-8-4-14(5-9-15)6-10-17-11-7-14/h4-11H2,1-3H3. The molecule has 2 saturated heterocycles. The zero-order chi connectivity index (χ0) is 13.2. The van der Waals surface area contributed by atoms with Gasteiger partial charge in [0.05, 0.1) is 0 Å². The summed E-state index contributed by atoms with van der Waals surface area (Å²) in [7, 11) is 0. The van der Waals surface area contributed by atoms with Crippen LogP contribution in [-0.2, 0) is 9.47 Å². The first-order valence-corrected chi connectivity index (χ1v) is 6.96. The molecule has 2 aliphatic heterocycles. The van der Waals surface area contributed by atoms with Crippen molar-refractivity contribution in [2.24, 2.45) is 5.41 Å². The number of carbonyl (C=O) groups excluding carboxylic acids is 1. The average Bonchev–Trinajstić information content (AvgIpc) is 2.28. The highest BCUT2D eigenvalue weighted by Gasteiger charge is 2.38. The van der Waals surface area contributed by atoms with E-state index >= 15 is 0 Å². The fourth-order valence-electron chi connectivity index (χ4n) is 2.79. The van der Waals surface area contributed by atoms with Gasteiger partial charge in [0.25, 0.3) is 0 Å². The van der Waals surface area contributed by atoms with Crippen LogP contribution in [0.1, 0.15) is 46.5 Å². The van der Waals surface area contributed by atoms with Crippen LogP contribution in [0, 0.1) is 5.41 Å². The Kier molecular flexibility index (Phi) is 3.85. The minimum absolute atomic E-state index is 0.163. The van der Waals surface area contributed by atoms with Gasteiger partial charge in [0.15, 0.2) is 0 Å². The Morgan fingerprint density at radius 2 is 1.67 bits per heavy atom. The summed E-state index contributed by atoms with van der Waals surface area (Å²) in [6, 6.07) is 0. The van der Waals surface area contributed by atoms with Crippen LogP contribution in [0.25, 0.3) is 0 Å². The Labute approximate surface area is 110 Å². The molecule has 0 unspecified atom stereocenters. The molecule has 2 fully saturated rings. The Morgan fingerprint density at radius 3 is 2.17 bits per heavy atom. The van der Waals surface area contributed by atoms with Gasteiger partial charge in [-0.1, -0.05) is 0 Å². The Morgan fingerprint density at radius 1 is 1.11 bits per heavy atom. The number of hydrogen-bond donors (Lipinski definition) is 0. The molecule has 18 heavy (non-hydrogen) atoms. The van der Waals surface area contributed by atoms with Crippen molar-refractivity contribution in [2.45, 2.75) is 52.1 Å². The summed E-state index contributed by atoms with van der Waals surface area (Å²) in [6.07, 6.45) is 4.32. The molecule has 2 aliphatic rings. The molecule has 0 N–H and O–H groups in total. The van der Waals surface area contributed by atoms with Crippen molar-refractivity contribution in [1.82, 2.24) is 4.90 Å².